The lowest BCUT2D eigenvalue weighted by molar-refractivity contribution is -0.140. The Labute approximate surface area is 101 Å². The number of hydrogen-bond donors (Lipinski definition) is 0. The summed E-state index contributed by atoms with van der Waals surface area (Å²) in [6, 6.07) is 9.90. The molecule has 86 valence electrons. The Morgan fingerprint density at radius 3 is 2.50 bits per heavy atom. The zero-order valence-corrected chi connectivity index (χ0v) is 10.4. The quantitative estimate of drug-likeness (QED) is 0.339. The summed E-state index contributed by atoms with van der Waals surface area (Å²) in [7, 11) is 0. The molecule has 1 rings (SSSR count). The summed E-state index contributed by atoms with van der Waals surface area (Å²) >= 11 is 1.55. The first kappa shape index (κ1) is 12.8. The SMILES string of the molecule is C=CC(=O)OC(Sc1ccccc1)C(C)C. The van der Waals surface area contributed by atoms with E-state index in [0.717, 1.165) is 4.90 Å². The van der Waals surface area contributed by atoms with E-state index in [2.05, 4.69) is 6.58 Å². The van der Waals surface area contributed by atoms with Crippen LogP contribution in [-0.4, -0.2) is 11.4 Å². The maximum absolute atomic E-state index is 11.2. The minimum Gasteiger partial charge on any atom is -0.447 e. The van der Waals surface area contributed by atoms with Crippen LogP contribution in [-0.2, 0) is 9.53 Å². The van der Waals surface area contributed by atoms with Crippen LogP contribution in [0.4, 0.5) is 0 Å². The highest BCUT2D eigenvalue weighted by molar-refractivity contribution is 7.99. The van der Waals surface area contributed by atoms with Gasteiger partial charge in [-0.05, 0) is 12.1 Å². The average Bonchev–Trinajstić information content (AvgIpc) is 2.29. The molecule has 0 aliphatic rings. The van der Waals surface area contributed by atoms with E-state index in [-0.39, 0.29) is 17.3 Å². The number of carbonyl (C=O) groups is 1. The van der Waals surface area contributed by atoms with Gasteiger partial charge in [-0.25, -0.2) is 4.79 Å². The highest BCUT2D eigenvalue weighted by Gasteiger charge is 2.18. The fraction of sp³-hybridized carbons (Fsp3) is 0.308. The third-order valence-electron chi connectivity index (χ3n) is 1.94. The van der Waals surface area contributed by atoms with E-state index in [1.165, 1.54) is 6.08 Å². The van der Waals surface area contributed by atoms with Gasteiger partial charge in [0.1, 0.15) is 0 Å². The van der Waals surface area contributed by atoms with Crippen LogP contribution < -0.4 is 0 Å². The van der Waals surface area contributed by atoms with Gasteiger partial charge in [-0.1, -0.05) is 50.4 Å². The number of benzene rings is 1. The molecule has 0 aromatic heterocycles. The van der Waals surface area contributed by atoms with Crippen molar-refractivity contribution in [1.82, 2.24) is 0 Å². The van der Waals surface area contributed by atoms with Crippen molar-refractivity contribution in [3.63, 3.8) is 0 Å². The largest absolute Gasteiger partial charge is 0.447 e. The predicted molar refractivity (Wildman–Crippen MR) is 67.2 cm³/mol. The van der Waals surface area contributed by atoms with Crippen LogP contribution in [0, 0.1) is 5.92 Å². The third kappa shape index (κ3) is 4.11. The van der Waals surface area contributed by atoms with Crippen molar-refractivity contribution < 1.29 is 9.53 Å². The molecule has 1 aromatic rings. The van der Waals surface area contributed by atoms with Gasteiger partial charge < -0.3 is 4.74 Å². The lowest BCUT2D eigenvalue weighted by Gasteiger charge is -2.19. The van der Waals surface area contributed by atoms with Crippen LogP contribution in [0.2, 0.25) is 0 Å². The van der Waals surface area contributed by atoms with Gasteiger partial charge in [-0.3, -0.25) is 0 Å². The van der Waals surface area contributed by atoms with Gasteiger partial charge in [-0.2, -0.15) is 0 Å². The van der Waals surface area contributed by atoms with Crippen molar-refractivity contribution in [3.8, 4) is 0 Å². The topological polar surface area (TPSA) is 26.3 Å². The second-order valence-electron chi connectivity index (χ2n) is 3.68. The Morgan fingerprint density at radius 2 is 2.00 bits per heavy atom. The molecular formula is C13H16O2S. The molecule has 1 aromatic carbocycles. The molecule has 0 aliphatic heterocycles. The van der Waals surface area contributed by atoms with Crippen LogP contribution in [0.15, 0.2) is 47.9 Å². The third-order valence-corrected chi connectivity index (χ3v) is 3.36. The van der Waals surface area contributed by atoms with Gasteiger partial charge in [0.05, 0.1) is 0 Å². The summed E-state index contributed by atoms with van der Waals surface area (Å²) in [6.45, 7) is 7.45. The summed E-state index contributed by atoms with van der Waals surface area (Å²) in [5.41, 5.74) is -0.173. The van der Waals surface area contributed by atoms with Crippen molar-refractivity contribution in [3.05, 3.63) is 43.0 Å². The first-order valence-corrected chi connectivity index (χ1v) is 6.06. The normalized spacial score (nSPS) is 12.2. The molecule has 0 radical (unpaired) electrons. The summed E-state index contributed by atoms with van der Waals surface area (Å²) in [5.74, 6) is -0.115. The van der Waals surface area contributed by atoms with Crippen molar-refractivity contribution in [2.75, 3.05) is 0 Å². The van der Waals surface area contributed by atoms with Gasteiger partial charge in [-0.15, -0.1) is 0 Å². The number of rotatable bonds is 5. The van der Waals surface area contributed by atoms with Gasteiger partial charge in [0.25, 0.3) is 0 Å². The lowest BCUT2D eigenvalue weighted by atomic mass is 10.2. The molecule has 0 amide bonds. The fourth-order valence-corrected chi connectivity index (χ4v) is 2.09. The number of carbonyl (C=O) groups excluding carboxylic acids is 1. The molecule has 0 spiro atoms. The maximum atomic E-state index is 11.2. The van der Waals surface area contributed by atoms with Crippen LogP contribution in [0.25, 0.3) is 0 Å². The van der Waals surface area contributed by atoms with Crippen molar-refractivity contribution >= 4 is 17.7 Å². The molecule has 0 bridgehead atoms. The van der Waals surface area contributed by atoms with Crippen LogP contribution in [0.5, 0.6) is 0 Å². The first-order chi connectivity index (χ1) is 7.63. The van der Waals surface area contributed by atoms with E-state index in [0.29, 0.717) is 0 Å². The Balaban J connectivity index is 2.65. The predicted octanol–water partition coefficient (Wildman–Crippen LogP) is 3.49. The molecule has 2 nitrogen and oxygen atoms in total. The van der Waals surface area contributed by atoms with Crippen molar-refractivity contribution in [2.45, 2.75) is 24.2 Å². The molecule has 0 saturated carbocycles. The second-order valence-corrected chi connectivity index (χ2v) is 4.86. The lowest BCUT2D eigenvalue weighted by Crippen LogP contribution is -2.18. The highest BCUT2D eigenvalue weighted by atomic mass is 32.2. The number of ether oxygens (including phenoxy) is 1. The molecule has 0 heterocycles. The Hall–Kier alpha value is -1.22. The van der Waals surface area contributed by atoms with Gasteiger partial charge in [0.15, 0.2) is 5.44 Å². The van der Waals surface area contributed by atoms with Crippen molar-refractivity contribution in [1.29, 1.82) is 0 Å². The van der Waals surface area contributed by atoms with E-state index in [1.807, 2.05) is 44.2 Å². The monoisotopic (exact) mass is 236 g/mol. The smallest absolute Gasteiger partial charge is 0.331 e. The average molecular weight is 236 g/mol. The molecule has 1 unspecified atom stereocenters. The summed E-state index contributed by atoms with van der Waals surface area (Å²) in [5, 5.41) is 0. The van der Waals surface area contributed by atoms with E-state index in [1.54, 1.807) is 11.8 Å². The van der Waals surface area contributed by atoms with Gasteiger partial charge >= 0.3 is 5.97 Å². The Kier molecular flexibility index (Phi) is 5.12. The minimum absolute atomic E-state index is 0.173. The standard InChI is InChI=1S/C13H16O2S/c1-4-12(14)15-13(10(2)3)16-11-8-6-5-7-9-11/h4-10,13H,1H2,2-3H3. The molecule has 1 atom stereocenters. The first-order valence-electron chi connectivity index (χ1n) is 5.18. The van der Waals surface area contributed by atoms with E-state index in [9.17, 15) is 4.79 Å². The summed E-state index contributed by atoms with van der Waals surface area (Å²) < 4.78 is 5.27. The van der Waals surface area contributed by atoms with Gasteiger partial charge in [0, 0.05) is 16.9 Å². The Morgan fingerprint density at radius 1 is 1.38 bits per heavy atom. The summed E-state index contributed by atoms with van der Waals surface area (Å²) in [6.07, 6.45) is 1.20. The summed E-state index contributed by atoms with van der Waals surface area (Å²) in [4.78, 5) is 12.3. The van der Waals surface area contributed by atoms with E-state index in [4.69, 9.17) is 4.74 Å². The number of thioether (sulfide) groups is 1. The Bertz CT molecular complexity index is 346. The molecule has 3 heteroatoms. The molecule has 0 saturated heterocycles. The van der Waals surface area contributed by atoms with E-state index >= 15 is 0 Å². The molecule has 0 fully saturated rings. The van der Waals surface area contributed by atoms with Crippen LogP contribution in [0.3, 0.4) is 0 Å². The number of hydrogen-bond acceptors (Lipinski definition) is 3. The fourth-order valence-electron chi connectivity index (χ4n) is 1.09. The van der Waals surface area contributed by atoms with Crippen molar-refractivity contribution in [2.24, 2.45) is 5.92 Å². The van der Waals surface area contributed by atoms with E-state index < -0.39 is 0 Å². The highest BCUT2D eigenvalue weighted by Crippen LogP contribution is 2.28. The zero-order chi connectivity index (χ0) is 12.0. The second kappa shape index (κ2) is 6.38. The maximum Gasteiger partial charge on any atom is 0.331 e. The molecular weight excluding hydrogens is 220 g/mol. The molecule has 0 aliphatic carbocycles. The minimum atomic E-state index is -0.373. The molecule has 0 N–H and O–H groups in total. The van der Waals surface area contributed by atoms with Gasteiger partial charge in [0.2, 0.25) is 0 Å². The zero-order valence-electron chi connectivity index (χ0n) is 9.55. The van der Waals surface area contributed by atoms with Crippen LogP contribution in [0.1, 0.15) is 13.8 Å². The number of esters is 1. The molecule has 16 heavy (non-hydrogen) atoms. The van der Waals surface area contributed by atoms with Crippen LogP contribution >= 0.6 is 11.8 Å².